The number of carbonyl (C=O) groups excluding carboxylic acids is 1. The molecule has 0 saturated carbocycles. The average Bonchev–Trinajstić information content (AvgIpc) is 2.82. The third-order valence-corrected chi connectivity index (χ3v) is 3.16. The predicted octanol–water partition coefficient (Wildman–Crippen LogP) is 1.54. The highest BCUT2D eigenvalue weighted by Gasteiger charge is 2.13. The molecular weight excluding hydrogens is 252 g/mol. The summed E-state index contributed by atoms with van der Waals surface area (Å²) in [5.74, 6) is -0.0644. The second kappa shape index (κ2) is 6.23. The van der Waals surface area contributed by atoms with Gasteiger partial charge in [-0.1, -0.05) is 19.1 Å². The molecule has 0 atom stereocenters. The zero-order valence-corrected chi connectivity index (χ0v) is 11.9. The third kappa shape index (κ3) is 3.38. The molecule has 5 nitrogen and oxygen atoms in total. The Labute approximate surface area is 118 Å². The third-order valence-electron chi connectivity index (χ3n) is 3.16. The molecular formula is C15H20N4O. The molecule has 1 aromatic carbocycles. The van der Waals surface area contributed by atoms with E-state index in [9.17, 15) is 4.79 Å². The summed E-state index contributed by atoms with van der Waals surface area (Å²) in [6.45, 7) is 2.59. The minimum atomic E-state index is -0.0644. The van der Waals surface area contributed by atoms with Crippen LogP contribution in [-0.2, 0) is 19.9 Å². The highest BCUT2D eigenvalue weighted by molar-refractivity contribution is 5.95. The summed E-state index contributed by atoms with van der Waals surface area (Å²) in [7, 11) is 1.82. The van der Waals surface area contributed by atoms with E-state index >= 15 is 0 Å². The van der Waals surface area contributed by atoms with Crippen LogP contribution >= 0.6 is 0 Å². The van der Waals surface area contributed by atoms with E-state index in [2.05, 4.69) is 10.4 Å². The van der Waals surface area contributed by atoms with Crippen LogP contribution in [0, 0.1) is 0 Å². The van der Waals surface area contributed by atoms with Crippen LogP contribution in [0.1, 0.15) is 28.5 Å². The summed E-state index contributed by atoms with van der Waals surface area (Å²) >= 11 is 0. The lowest BCUT2D eigenvalue weighted by Gasteiger charge is -2.05. The fourth-order valence-electron chi connectivity index (χ4n) is 2.09. The van der Waals surface area contributed by atoms with Crippen molar-refractivity contribution in [2.24, 2.45) is 7.05 Å². The van der Waals surface area contributed by atoms with Crippen molar-refractivity contribution in [3.8, 4) is 0 Å². The lowest BCUT2D eigenvalue weighted by Crippen LogP contribution is -2.26. The standard InChI is InChI=1S/C15H20N4O/c1-3-14-13(10-19(2)18-14)15(20)17-9-8-11-4-6-12(16)7-5-11/h4-7,10H,3,8-9,16H2,1-2H3,(H,17,20). The summed E-state index contributed by atoms with van der Waals surface area (Å²) in [4.78, 5) is 12.1. The lowest BCUT2D eigenvalue weighted by atomic mass is 10.1. The summed E-state index contributed by atoms with van der Waals surface area (Å²) in [6.07, 6.45) is 3.30. The molecule has 0 aliphatic heterocycles. The molecule has 5 heteroatoms. The number of rotatable bonds is 5. The van der Waals surface area contributed by atoms with Crippen LogP contribution in [0.2, 0.25) is 0 Å². The Hall–Kier alpha value is -2.30. The van der Waals surface area contributed by atoms with Crippen LogP contribution in [-0.4, -0.2) is 22.2 Å². The van der Waals surface area contributed by atoms with Gasteiger partial charge in [0.15, 0.2) is 0 Å². The molecule has 0 unspecified atom stereocenters. The first-order chi connectivity index (χ1) is 9.60. The van der Waals surface area contributed by atoms with Gasteiger partial charge in [0.2, 0.25) is 0 Å². The first-order valence-corrected chi connectivity index (χ1v) is 6.75. The van der Waals surface area contributed by atoms with Crippen LogP contribution in [0.5, 0.6) is 0 Å². The Balaban J connectivity index is 1.90. The van der Waals surface area contributed by atoms with E-state index in [4.69, 9.17) is 5.73 Å². The Morgan fingerprint density at radius 2 is 2.05 bits per heavy atom. The molecule has 1 aromatic heterocycles. The molecule has 0 radical (unpaired) electrons. The zero-order chi connectivity index (χ0) is 14.5. The molecule has 0 bridgehead atoms. The summed E-state index contributed by atoms with van der Waals surface area (Å²) in [6, 6.07) is 7.69. The molecule has 1 amide bonds. The number of aromatic nitrogens is 2. The minimum Gasteiger partial charge on any atom is -0.399 e. The van der Waals surface area contributed by atoms with E-state index < -0.39 is 0 Å². The van der Waals surface area contributed by atoms with Gasteiger partial charge in [0.1, 0.15) is 0 Å². The number of nitrogen functional groups attached to an aromatic ring is 1. The molecule has 20 heavy (non-hydrogen) atoms. The fraction of sp³-hybridized carbons (Fsp3) is 0.333. The number of benzene rings is 1. The number of nitrogens with one attached hydrogen (secondary N) is 1. The van der Waals surface area contributed by atoms with Gasteiger partial charge in [-0.2, -0.15) is 5.10 Å². The fourth-order valence-corrected chi connectivity index (χ4v) is 2.09. The van der Waals surface area contributed by atoms with Crippen molar-refractivity contribution in [3.63, 3.8) is 0 Å². The monoisotopic (exact) mass is 272 g/mol. The van der Waals surface area contributed by atoms with Crippen LogP contribution in [0.25, 0.3) is 0 Å². The molecule has 1 heterocycles. The van der Waals surface area contributed by atoms with Crippen molar-refractivity contribution in [3.05, 3.63) is 47.3 Å². The Bertz CT molecular complexity index is 586. The van der Waals surface area contributed by atoms with Crippen molar-refractivity contribution in [1.29, 1.82) is 0 Å². The molecule has 0 fully saturated rings. The number of aryl methyl sites for hydroxylation is 2. The number of hydrogen-bond acceptors (Lipinski definition) is 3. The van der Waals surface area contributed by atoms with Gasteiger partial charge in [-0.15, -0.1) is 0 Å². The highest BCUT2D eigenvalue weighted by Crippen LogP contribution is 2.08. The van der Waals surface area contributed by atoms with Crippen molar-refractivity contribution in [1.82, 2.24) is 15.1 Å². The largest absolute Gasteiger partial charge is 0.399 e. The number of nitrogens with two attached hydrogens (primary N) is 1. The molecule has 0 aliphatic carbocycles. The van der Waals surface area contributed by atoms with Crippen LogP contribution < -0.4 is 11.1 Å². The van der Waals surface area contributed by atoms with E-state index in [0.29, 0.717) is 12.1 Å². The lowest BCUT2D eigenvalue weighted by molar-refractivity contribution is 0.0953. The Morgan fingerprint density at radius 3 is 2.70 bits per heavy atom. The molecule has 2 aromatic rings. The van der Waals surface area contributed by atoms with Crippen molar-refractivity contribution in [2.75, 3.05) is 12.3 Å². The quantitative estimate of drug-likeness (QED) is 0.811. The highest BCUT2D eigenvalue weighted by atomic mass is 16.1. The summed E-state index contributed by atoms with van der Waals surface area (Å²) < 4.78 is 1.67. The van der Waals surface area contributed by atoms with E-state index in [0.717, 1.165) is 29.8 Å². The van der Waals surface area contributed by atoms with Gasteiger partial charge in [-0.3, -0.25) is 9.48 Å². The van der Waals surface area contributed by atoms with Gasteiger partial charge in [0.25, 0.3) is 5.91 Å². The van der Waals surface area contributed by atoms with Gasteiger partial charge in [-0.05, 0) is 30.5 Å². The number of carbonyl (C=O) groups is 1. The molecule has 0 aliphatic rings. The smallest absolute Gasteiger partial charge is 0.254 e. The maximum Gasteiger partial charge on any atom is 0.254 e. The molecule has 106 valence electrons. The Morgan fingerprint density at radius 1 is 1.35 bits per heavy atom. The normalized spacial score (nSPS) is 10.5. The molecule has 3 N–H and O–H groups in total. The minimum absolute atomic E-state index is 0.0644. The Kier molecular flexibility index (Phi) is 4.40. The van der Waals surface area contributed by atoms with E-state index in [1.54, 1.807) is 10.9 Å². The maximum atomic E-state index is 12.1. The molecule has 0 spiro atoms. The second-order valence-electron chi connectivity index (χ2n) is 4.76. The van der Waals surface area contributed by atoms with Crippen molar-refractivity contribution in [2.45, 2.75) is 19.8 Å². The topological polar surface area (TPSA) is 72.9 Å². The van der Waals surface area contributed by atoms with E-state index in [1.807, 2.05) is 38.2 Å². The van der Waals surface area contributed by atoms with Crippen molar-refractivity contribution >= 4 is 11.6 Å². The molecule has 0 saturated heterocycles. The van der Waals surface area contributed by atoms with Crippen LogP contribution in [0.15, 0.2) is 30.5 Å². The first-order valence-electron chi connectivity index (χ1n) is 6.75. The first kappa shape index (κ1) is 14.1. The average molecular weight is 272 g/mol. The van der Waals surface area contributed by atoms with E-state index in [1.165, 1.54) is 0 Å². The number of hydrogen-bond donors (Lipinski definition) is 2. The van der Waals surface area contributed by atoms with Gasteiger partial charge in [0, 0.05) is 25.5 Å². The van der Waals surface area contributed by atoms with Crippen molar-refractivity contribution < 1.29 is 4.79 Å². The van der Waals surface area contributed by atoms with Crippen LogP contribution in [0.4, 0.5) is 5.69 Å². The number of amides is 1. The van der Waals surface area contributed by atoms with Gasteiger partial charge in [0.05, 0.1) is 11.3 Å². The number of nitrogens with zero attached hydrogens (tertiary/aromatic N) is 2. The zero-order valence-electron chi connectivity index (χ0n) is 11.9. The van der Waals surface area contributed by atoms with Gasteiger partial charge in [-0.25, -0.2) is 0 Å². The SMILES string of the molecule is CCc1nn(C)cc1C(=O)NCCc1ccc(N)cc1. The number of anilines is 1. The van der Waals surface area contributed by atoms with E-state index in [-0.39, 0.29) is 5.91 Å². The molecule has 2 rings (SSSR count). The van der Waals surface area contributed by atoms with Gasteiger partial charge < -0.3 is 11.1 Å². The summed E-state index contributed by atoms with van der Waals surface area (Å²) in [5, 5.41) is 7.19. The maximum absolute atomic E-state index is 12.1. The predicted molar refractivity (Wildman–Crippen MR) is 79.5 cm³/mol. The van der Waals surface area contributed by atoms with Crippen LogP contribution in [0.3, 0.4) is 0 Å². The summed E-state index contributed by atoms with van der Waals surface area (Å²) in [5.41, 5.74) is 9.03. The van der Waals surface area contributed by atoms with Gasteiger partial charge >= 0.3 is 0 Å². The second-order valence-corrected chi connectivity index (χ2v) is 4.76.